The van der Waals surface area contributed by atoms with E-state index in [-0.39, 0.29) is 11.8 Å². The highest BCUT2D eigenvalue weighted by Crippen LogP contribution is 2.21. The van der Waals surface area contributed by atoms with E-state index in [9.17, 15) is 9.59 Å². The fraction of sp³-hybridized carbons (Fsp3) is 0.318. The molecule has 0 unspecified atom stereocenters. The molecule has 3 aromatic rings. The van der Waals surface area contributed by atoms with Crippen molar-refractivity contribution < 1.29 is 14.0 Å². The molecule has 0 radical (unpaired) electrons. The molecule has 1 saturated heterocycles. The van der Waals surface area contributed by atoms with Crippen molar-refractivity contribution in [2.24, 2.45) is 0 Å². The van der Waals surface area contributed by atoms with Crippen LogP contribution in [-0.2, 0) is 6.54 Å². The second kappa shape index (κ2) is 8.47. The standard InChI is InChI=1S/C22H23BrN4O3/c1-15-20(23)16(2)27(24-15)14-17-5-3-6-18(13-17)21(28)25-8-10-26(11-9-25)22(29)19-7-4-12-30-19/h3-7,12-13H,8-11,14H2,1-2H3. The maximum absolute atomic E-state index is 13.0. The minimum absolute atomic E-state index is 0.0171. The van der Waals surface area contributed by atoms with E-state index in [1.165, 1.54) is 6.26 Å². The zero-order valence-corrected chi connectivity index (χ0v) is 18.6. The number of carbonyl (C=O) groups is 2. The van der Waals surface area contributed by atoms with Gasteiger partial charge in [-0.3, -0.25) is 14.3 Å². The molecule has 1 aliphatic heterocycles. The number of benzene rings is 1. The van der Waals surface area contributed by atoms with E-state index in [0.29, 0.717) is 44.0 Å². The number of aromatic nitrogens is 2. The molecule has 1 aliphatic rings. The molecule has 0 bridgehead atoms. The van der Waals surface area contributed by atoms with E-state index in [1.807, 2.05) is 42.8 Å². The van der Waals surface area contributed by atoms with Gasteiger partial charge in [0.05, 0.1) is 28.7 Å². The van der Waals surface area contributed by atoms with Gasteiger partial charge in [-0.2, -0.15) is 5.10 Å². The third-order valence-corrected chi connectivity index (χ3v) is 6.53. The van der Waals surface area contributed by atoms with Crippen molar-refractivity contribution in [3.63, 3.8) is 0 Å². The summed E-state index contributed by atoms with van der Waals surface area (Å²) in [6.07, 6.45) is 1.49. The van der Waals surface area contributed by atoms with E-state index in [1.54, 1.807) is 21.9 Å². The summed E-state index contributed by atoms with van der Waals surface area (Å²) in [4.78, 5) is 28.9. The minimum atomic E-state index is -0.134. The Morgan fingerprint density at radius 1 is 1.03 bits per heavy atom. The number of piperazine rings is 1. The van der Waals surface area contributed by atoms with Gasteiger partial charge in [-0.05, 0) is 59.6 Å². The van der Waals surface area contributed by atoms with Crippen molar-refractivity contribution in [1.29, 1.82) is 0 Å². The first-order valence-corrected chi connectivity index (χ1v) is 10.6. The molecular weight excluding hydrogens is 448 g/mol. The first kappa shape index (κ1) is 20.4. The van der Waals surface area contributed by atoms with Crippen molar-refractivity contribution in [3.8, 4) is 0 Å². The van der Waals surface area contributed by atoms with Crippen LogP contribution in [0.1, 0.15) is 37.9 Å². The van der Waals surface area contributed by atoms with Crippen molar-refractivity contribution in [1.82, 2.24) is 19.6 Å². The number of aryl methyl sites for hydroxylation is 1. The number of rotatable bonds is 4. The van der Waals surface area contributed by atoms with Crippen molar-refractivity contribution >= 4 is 27.7 Å². The Hall–Kier alpha value is -2.87. The molecule has 4 rings (SSSR count). The monoisotopic (exact) mass is 470 g/mol. The van der Waals surface area contributed by atoms with Gasteiger partial charge in [-0.15, -0.1) is 0 Å². The van der Waals surface area contributed by atoms with Gasteiger partial charge in [0, 0.05) is 31.7 Å². The van der Waals surface area contributed by atoms with Gasteiger partial charge in [-0.25, -0.2) is 0 Å². The summed E-state index contributed by atoms with van der Waals surface area (Å²) in [5.41, 5.74) is 3.67. The summed E-state index contributed by atoms with van der Waals surface area (Å²) < 4.78 is 8.13. The molecule has 3 heterocycles. The van der Waals surface area contributed by atoms with Crippen LogP contribution in [0.25, 0.3) is 0 Å². The lowest BCUT2D eigenvalue weighted by molar-refractivity contribution is 0.0518. The normalized spacial score (nSPS) is 14.2. The van der Waals surface area contributed by atoms with Crippen molar-refractivity contribution in [3.05, 3.63) is 75.4 Å². The number of carbonyl (C=O) groups excluding carboxylic acids is 2. The van der Waals surface area contributed by atoms with Crippen LogP contribution in [0.5, 0.6) is 0 Å². The van der Waals surface area contributed by atoms with Gasteiger partial charge >= 0.3 is 0 Å². The molecular formula is C22H23BrN4O3. The van der Waals surface area contributed by atoms with Crippen molar-refractivity contribution in [2.45, 2.75) is 20.4 Å². The third-order valence-electron chi connectivity index (χ3n) is 5.39. The van der Waals surface area contributed by atoms with E-state index < -0.39 is 0 Å². The Morgan fingerprint density at radius 3 is 2.33 bits per heavy atom. The van der Waals surface area contributed by atoms with E-state index in [4.69, 9.17) is 4.42 Å². The molecule has 1 fully saturated rings. The van der Waals surface area contributed by atoms with Crippen LogP contribution < -0.4 is 0 Å². The zero-order chi connectivity index (χ0) is 21.3. The van der Waals surface area contributed by atoms with Crippen LogP contribution in [0.4, 0.5) is 0 Å². The molecule has 2 aromatic heterocycles. The SMILES string of the molecule is Cc1nn(Cc2cccc(C(=O)N3CCN(C(=O)c4ccco4)CC3)c2)c(C)c1Br. The van der Waals surface area contributed by atoms with Crippen LogP contribution in [-0.4, -0.2) is 57.6 Å². The summed E-state index contributed by atoms with van der Waals surface area (Å²) in [5, 5.41) is 4.54. The smallest absolute Gasteiger partial charge is 0.289 e. The summed E-state index contributed by atoms with van der Waals surface area (Å²) in [5.74, 6) is 0.180. The molecule has 156 valence electrons. The van der Waals surface area contributed by atoms with Gasteiger partial charge in [0.25, 0.3) is 11.8 Å². The molecule has 8 heteroatoms. The molecule has 0 aliphatic carbocycles. The number of amides is 2. The lowest BCUT2D eigenvalue weighted by Crippen LogP contribution is -2.50. The number of hydrogen-bond acceptors (Lipinski definition) is 4. The summed E-state index contributed by atoms with van der Waals surface area (Å²) >= 11 is 3.55. The highest BCUT2D eigenvalue weighted by Gasteiger charge is 2.26. The molecule has 0 spiro atoms. The van der Waals surface area contributed by atoms with Gasteiger partial charge in [-0.1, -0.05) is 12.1 Å². The maximum Gasteiger partial charge on any atom is 0.289 e. The topological polar surface area (TPSA) is 71.6 Å². The largest absolute Gasteiger partial charge is 0.459 e. The highest BCUT2D eigenvalue weighted by atomic mass is 79.9. The van der Waals surface area contributed by atoms with E-state index >= 15 is 0 Å². The molecule has 0 atom stereocenters. The molecule has 0 N–H and O–H groups in total. The molecule has 2 amide bonds. The molecule has 1 aromatic carbocycles. The molecule has 0 saturated carbocycles. The van der Waals surface area contributed by atoms with Gasteiger partial charge in [0.2, 0.25) is 0 Å². The number of furan rings is 1. The Bertz CT molecular complexity index is 1070. The lowest BCUT2D eigenvalue weighted by Gasteiger charge is -2.34. The fourth-order valence-corrected chi connectivity index (χ4v) is 3.94. The second-order valence-electron chi connectivity index (χ2n) is 7.40. The first-order chi connectivity index (χ1) is 14.4. The Balaban J connectivity index is 1.41. The summed E-state index contributed by atoms with van der Waals surface area (Å²) in [7, 11) is 0. The number of nitrogens with zero attached hydrogens (tertiary/aromatic N) is 4. The third kappa shape index (κ3) is 4.05. The summed E-state index contributed by atoms with van der Waals surface area (Å²) in [6, 6.07) is 11.0. The predicted octanol–water partition coefficient (Wildman–Crippen LogP) is 3.50. The molecule has 30 heavy (non-hydrogen) atoms. The van der Waals surface area contributed by atoms with Crippen LogP contribution in [0, 0.1) is 13.8 Å². The zero-order valence-electron chi connectivity index (χ0n) is 17.0. The van der Waals surface area contributed by atoms with Crippen LogP contribution in [0.3, 0.4) is 0 Å². The number of halogens is 1. The Kier molecular flexibility index (Phi) is 5.76. The Morgan fingerprint density at radius 2 is 1.73 bits per heavy atom. The minimum Gasteiger partial charge on any atom is -0.459 e. The lowest BCUT2D eigenvalue weighted by atomic mass is 10.1. The van der Waals surface area contributed by atoms with Crippen LogP contribution >= 0.6 is 15.9 Å². The van der Waals surface area contributed by atoms with E-state index in [2.05, 4.69) is 21.0 Å². The first-order valence-electron chi connectivity index (χ1n) is 9.84. The second-order valence-corrected chi connectivity index (χ2v) is 8.20. The highest BCUT2D eigenvalue weighted by molar-refractivity contribution is 9.10. The summed E-state index contributed by atoms with van der Waals surface area (Å²) in [6.45, 7) is 6.56. The van der Waals surface area contributed by atoms with Gasteiger partial charge in [0.15, 0.2) is 5.76 Å². The van der Waals surface area contributed by atoms with Crippen LogP contribution in [0.15, 0.2) is 51.6 Å². The number of hydrogen-bond donors (Lipinski definition) is 0. The predicted molar refractivity (Wildman–Crippen MR) is 115 cm³/mol. The maximum atomic E-state index is 13.0. The van der Waals surface area contributed by atoms with Crippen molar-refractivity contribution in [2.75, 3.05) is 26.2 Å². The van der Waals surface area contributed by atoms with E-state index in [0.717, 1.165) is 21.4 Å². The average molecular weight is 471 g/mol. The Labute approximate surface area is 183 Å². The average Bonchev–Trinajstić information content (AvgIpc) is 3.39. The van der Waals surface area contributed by atoms with Crippen LogP contribution in [0.2, 0.25) is 0 Å². The quantitative estimate of drug-likeness (QED) is 0.584. The fourth-order valence-electron chi connectivity index (χ4n) is 3.66. The van der Waals surface area contributed by atoms with Gasteiger partial charge < -0.3 is 14.2 Å². The molecule has 7 nitrogen and oxygen atoms in total. The van der Waals surface area contributed by atoms with Gasteiger partial charge in [0.1, 0.15) is 0 Å².